The highest BCUT2D eigenvalue weighted by atomic mass is 16.5. The molecule has 0 radical (unpaired) electrons. The van der Waals surface area contributed by atoms with E-state index in [9.17, 15) is 9.59 Å². The first-order valence-corrected chi connectivity index (χ1v) is 6.95. The number of nitrogens with one attached hydrogen (secondary N) is 1. The molecule has 0 saturated heterocycles. The summed E-state index contributed by atoms with van der Waals surface area (Å²) in [7, 11) is 0. The first kappa shape index (κ1) is 15.8. The van der Waals surface area contributed by atoms with Crippen molar-refractivity contribution in [3.63, 3.8) is 0 Å². The van der Waals surface area contributed by atoms with Crippen LogP contribution in [0.1, 0.15) is 32.6 Å². The van der Waals surface area contributed by atoms with Crippen molar-refractivity contribution in [3.8, 4) is 0 Å². The predicted molar refractivity (Wildman–Crippen MR) is 71.1 cm³/mol. The largest absolute Gasteiger partial charge is 0.480 e. The zero-order chi connectivity index (χ0) is 14.1. The van der Waals surface area contributed by atoms with Crippen LogP contribution in [0.25, 0.3) is 0 Å². The second-order valence-corrected chi connectivity index (χ2v) is 4.92. The van der Waals surface area contributed by atoms with Gasteiger partial charge in [0.25, 0.3) is 0 Å². The average Bonchev–Trinajstić information content (AvgIpc) is 3.16. The topological polar surface area (TPSA) is 78.9 Å². The van der Waals surface area contributed by atoms with Gasteiger partial charge in [0.15, 0.2) is 0 Å². The van der Waals surface area contributed by atoms with Crippen LogP contribution in [0.5, 0.6) is 0 Å². The maximum atomic E-state index is 11.8. The number of rotatable bonds is 10. The summed E-state index contributed by atoms with van der Waals surface area (Å²) >= 11 is 0. The molecule has 6 nitrogen and oxygen atoms in total. The van der Waals surface area contributed by atoms with Gasteiger partial charge in [0.05, 0.1) is 0 Å². The summed E-state index contributed by atoms with van der Waals surface area (Å²) in [6, 6.07) is -0.287. The fourth-order valence-corrected chi connectivity index (χ4v) is 1.72. The van der Waals surface area contributed by atoms with Gasteiger partial charge in [-0.15, -0.1) is 0 Å². The van der Waals surface area contributed by atoms with Crippen molar-refractivity contribution >= 4 is 12.0 Å². The van der Waals surface area contributed by atoms with Gasteiger partial charge in [0, 0.05) is 26.3 Å². The number of carbonyl (C=O) groups excluding carboxylic acids is 1. The molecule has 1 rings (SSSR count). The van der Waals surface area contributed by atoms with Crippen LogP contribution in [-0.4, -0.2) is 54.9 Å². The van der Waals surface area contributed by atoms with E-state index in [-0.39, 0.29) is 12.6 Å². The maximum absolute atomic E-state index is 11.8. The molecule has 0 bridgehead atoms. The first-order chi connectivity index (χ1) is 9.13. The lowest BCUT2D eigenvalue weighted by atomic mass is 10.3. The monoisotopic (exact) mass is 272 g/mol. The number of nitrogens with zero attached hydrogens (tertiary/aromatic N) is 1. The Kier molecular flexibility index (Phi) is 7.25. The molecule has 0 aromatic rings. The molecule has 0 aromatic heterocycles. The summed E-state index contributed by atoms with van der Waals surface area (Å²) in [5.41, 5.74) is 0. The van der Waals surface area contributed by atoms with Gasteiger partial charge in [-0.1, -0.05) is 6.92 Å². The first-order valence-electron chi connectivity index (χ1n) is 6.95. The number of aliphatic carboxylic acids is 1. The van der Waals surface area contributed by atoms with E-state index < -0.39 is 5.97 Å². The standard InChI is InChI=1S/C13H24N2O4/c1-2-7-19-8-3-6-14-13(18)15(10-12(16)17)9-11-4-5-11/h11H,2-10H2,1H3,(H,14,18)(H,16,17). The smallest absolute Gasteiger partial charge is 0.323 e. The van der Waals surface area contributed by atoms with Gasteiger partial charge in [-0.2, -0.15) is 0 Å². The van der Waals surface area contributed by atoms with Crippen molar-refractivity contribution in [2.75, 3.05) is 32.8 Å². The molecular weight excluding hydrogens is 248 g/mol. The van der Waals surface area contributed by atoms with Gasteiger partial charge in [-0.3, -0.25) is 4.79 Å². The van der Waals surface area contributed by atoms with Gasteiger partial charge < -0.3 is 20.1 Å². The lowest BCUT2D eigenvalue weighted by Gasteiger charge is -2.21. The van der Waals surface area contributed by atoms with Crippen molar-refractivity contribution < 1.29 is 19.4 Å². The third-order valence-electron chi connectivity index (χ3n) is 2.88. The highest BCUT2D eigenvalue weighted by molar-refractivity contribution is 5.80. The SMILES string of the molecule is CCCOCCCNC(=O)N(CC(=O)O)CC1CC1. The van der Waals surface area contributed by atoms with Crippen molar-refractivity contribution in [3.05, 3.63) is 0 Å². The Morgan fingerprint density at radius 1 is 1.37 bits per heavy atom. The zero-order valence-electron chi connectivity index (χ0n) is 11.6. The summed E-state index contributed by atoms with van der Waals surface area (Å²) in [6.07, 6.45) is 3.92. The molecule has 0 atom stereocenters. The van der Waals surface area contributed by atoms with Crippen LogP contribution in [0, 0.1) is 5.92 Å². The van der Waals surface area contributed by atoms with E-state index in [4.69, 9.17) is 9.84 Å². The van der Waals surface area contributed by atoms with Crippen LogP contribution in [0.4, 0.5) is 4.79 Å². The number of carboxylic acids is 1. The molecule has 19 heavy (non-hydrogen) atoms. The number of amides is 2. The summed E-state index contributed by atoms with van der Waals surface area (Å²) < 4.78 is 5.31. The molecule has 1 fully saturated rings. The van der Waals surface area contributed by atoms with Crippen LogP contribution in [-0.2, 0) is 9.53 Å². The second-order valence-electron chi connectivity index (χ2n) is 4.92. The number of ether oxygens (including phenoxy) is 1. The summed E-state index contributed by atoms with van der Waals surface area (Å²) in [5, 5.41) is 11.5. The Balaban J connectivity index is 2.17. The molecular formula is C13H24N2O4. The predicted octanol–water partition coefficient (Wildman–Crippen LogP) is 1.31. The zero-order valence-corrected chi connectivity index (χ0v) is 11.6. The van der Waals surface area contributed by atoms with E-state index in [1.807, 2.05) is 6.92 Å². The lowest BCUT2D eigenvalue weighted by molar-refractivity contribution is -0.137. The number of hydrogen-bond donors (Lipinski definition) is 2. The molecule has 0 aromatic carbocycles. The Bertz CT molecular complexity index is 292. The highest BCUT2D eigenvalue weighted by Crippen LogP contribution is 2.29. The molecule has 2 N–H and O–H groups in total. The molecule has 0 aliphatic heterocycles. The third kappa shape index (κ3) is 7.66. The van der Waals surface area contributed by atoms with E-state index in [0.717, 1.165) is 32.3 Å². The Morgan fingerprint density at radius 3 is 2.68 bits per heavy atom. The lowest BCUT2D eigenvalue weighted by Crippen LogP contribution is -2.44. The van der Waals surface area contributed by atoms with Gasteiger partial charge in [-0.05, 0) is 31.6 Å². The fraction of sp³-hybridized carbons (Fsp3) is 0.846. The van der Waals surface area contributed by atoms with E-state index in [2.05, 4.69) is 5.32 Å². The van der Waals surface area contributed by atoms with Crippen molar-refractivity contribution in [1.82, 2.24) is 10.2 Å². The summed E-state index contributed by atoms with van der Waals surface area (Å²) in [6.45, 7) is 4.24. The van der Waals surface area contributed by atoms with Crippen LogP contribution in [0.2, 0.25) is 0 Å². The van der Waals surface area contributed by atoms with E-state index >= 15 is 0 Å². The number of urea groups is 1. The molecule has 1 saturated carbocycles. The Morgan fingerprint density at radius 2 is 2.11 bits per heavy atom. The maximum Gasteiger partial charge on any atom is 0.323 e. The quantitative estimate of drug-likeness (QED) is 0.588. The molecule has 110 valence electrons. The molecule has 1 aliphatic rings. The van der Waals surface area contributed by atoms with E-state index in [0.29, 0.717) is 25.6 Å². The average molecular weight is 272 g/mol. The minimum absolute atomic E-state index is 0.228. The molecule has 6 heteroatoms. The molecule has 1 aliphatic carbocycles. The van der Waals surface area contributed by atoms with Gasteiger partial charge in [0.2, 0.25) is 0 Å². The summed E-state index contributed by atoms with van der Waals surface area (Å²) in [5.74, 6) is -0.486. The Hall–Kier alpha value is -1.30. The molecule has 0 heterocycles. The van der Waals surface area contributed by atoms with Crippen LogP contribution in [0.3, 0.4) is 0 Å². The van der Waals surface area contributed by atoms with E-state index in [1.165, 1.54) is 4.90 Å². The van der Waals surface area contributed by atoms with Crippen molar-refractivity contribution in [2.24, 2.45) is 5.92 Å². The molecule has 0 spiro atoms. The van der Waals surface area contributed by atoms with Crippen LogP contribution >= 0.6 is 0 Å². The van der Waals surface area contributed by atoms with Gasteiger partial charge in [-0.25, -0.2) is 4.79 Å². The minimum atomic E-state index is -0.970. The number of carbonyl (C=O) groups is 2. The van der Waals surface area contributed by atoms with Crippen LogP contribution in [0.15, 0.2) is 0 Å². The summed E-state index contributed by atoms with van der Waals surface area (Å²) in [4.78, 5) is 23.9. The number of hydrogen-bond acceptors (Lipinski definition) is 3. The van der Waals surface area contributed by atoms with Crippen LogP contribution < -0.4 is 5.32 Å². The van der Waals surface area contributed by atoms with Crippen molar-refractivity contribution in [1.29, 1.82) is 0 Å². The van der Waals surface area contributed by atoms with Gasteiger partial charge >= 0.3 is 12.0 Å². The molecule has 0 unspecified atom stereocenters. The third-order valence-corrected chi connectivity index (χ3v) is 2.88. The molecule has 2 amide bonds. The number of carboxylic acid groups (broad SMARTS) is 1. The second kappa shape index (κ2) is 8.74. The normalized spacial score (nSPS) is 14.2. The minimum Gasteiger partial charge on any atom is -0.480 e. The van der Waals surface area contributed by atoms with E-state index in [1.54, 1.807) is 0 Å². The van der Waals surface area contributed by atoms with Gasteiger partial charge in [0.1, 0.15) is 6.54 Å². The van der Waals surface area contributed by atoms with Crippen molar-refractivity contribution in [2.45, 2.75) is 32.6 Å². The Labute approximate surface area is 114 Å². The highest BCUT2D eigenvalue weighted by Gasteiger charge is 2.27. The fourth-order valence-electron chi connectivity index (χ4n) is 1.72.